The third-order valence-corrected chi connectivity index (χ3v) is 4.14. The first-order valence-corrected chi connectivity index (χ1v) is 8.61. The Morgan fingerprint density at radius 1 is 1.42 bits per heavy atom. The number of imidazole rings is 1. The number of hydrogen-bond donors (Lipinski definition) is 1. The molecule has 1 N–H and O–H groups in total. The summed E-state index contributed by atoms with van der Waals surface area (Å²) in [6.07, 6.45) is -0.111. The summed E-state index contributed by atoms with van der Waals surface area (Å²) in [7, 11) is 0. The van der Waals surface area contributed by atoms with Gasteiger partial charge in [-0.15, -0.1) is 5.10 Å². The lowest BCUT2D eigenvalue weighted by Gasteiger charge is -2.28. The molecule has 0 saturated carbocycles. The second-order valence-corrected chi connectivity index (χ2v) is 7.32. The number of likely N-dealkylation sites (tertiary alicyclic amines) is 1. The number of alkyl halides is 2. The minimum absolute atomic E-state index is 0.0281. The second-order valence-electron chi connectivity index (χ2n) is 7.32. The van der Waals surface area contributed by atoms with Crippen LogP contribution in [-0.2, 0) is 4.74 Å². The third kappa shape index (κ3) is 4.03. The van der Waals surface area contributed by atoms with E-state index in [2.05, 4.69) is 15.4 Å². The SMILES string of the molecule is CC(C)(C)OC(=O)N1CCC[C@H]1CNc1ccc2ncc(C(F)F)n2n1. The Kier molecular flexibility index (Phi) is 4.97. The highest BCUT2D eigenvalue weighted by Crippen LogP contribution is 2.22. The number of carbonyl (C=O) groups is 1. The van der Waals surface area contributed by atoms with E-state index < -0.39 is 12.0 Å². The lowest BCUT2D eigenvalue weighted by atomic mass is 10.2. The van der Waals surface area contributed by atoms with E-state index in [0.717, 1.165) is 23.6 Å². The molecular weight excluding hydrogens is 344 g/mol. The molecule has 26 heavy (non-hydrogen) atoms. The summed E-state index contributed by atoms with van der Waals surface area (Å²) in [4.78, 5) is 17.9. The number of anilines is 1. The fraction of sp³-hybridized carbons (Fsp3) is 0.588. The van der Waals surface area contributed by atoms with Crippen LogP contribution in [0.2, 0.25) is 0 Å². The number of ether oxygens (including phenoxy) is 1. The van der Waals surface area contributed by atoms with Crippen LogP contribution in [0.25, 0.3) is 5.65 Å². The first kappa shape index (κ1) is 18.3. The molecule has 142 valence electrons. The maximum Gasteiger partial charge on any atom is 0.410 e. The molecule has 3 rings (SSSR count). The molecule has 1 atom stereocenters. The van der Waals surface area contributed by atoms with E-state index in [1.165, 1.54) is 0 Å². The van der Waals surface area contributed by atoms with Crippen molar-refractivity contribution >= 4 is 17.6 Å². The minimum atomic E-state index is -2.65. The Hall–Kier alpha value is -2.45. The van der Waals surface area contributed by atoms with Crippen LogP contribution >= 0.6 is 0 Å². The van der Waals surface area contributed by atoms with Crippen LogP contribution in [0.3, 0.4) is 0 Å². The number of nitrogens with zero attached hydrogens (tertiary/aromatic N) is 4. The summed E-state index contributed by atoms with van der Waals surface area (Å²) in [5.74, 6) is 0.452. The Balaban J connectivity index is 1.67. The van der Waals surface area contributed by atoms with Gasteiger partial charge in [0.1, 0.15) is 17.1 Å². The molecule has 2 aromatic heterocycles. The summed E-state index contributed by atoms with van der Waals surface area (Å²) in [6, 6.07) is 3.28. The maximum absolute atomic E-state index is 13.0. The number of hydrogen-bond acceptors (Lipinski definition) is 5. The van der Waals surface area contributed by atoms with Crippen LogP contribution in [-0.4, -0.2) is 50.3 Å². The van der Waals surface area contributed by atoms with Gasteiger partial charge in [0.25, 0.3) is 6.43 Å². The van der Waals surface area contributed by atoms with Crippen molar-refractivity contribution in [3.63, 3.8) is 0 Å². The molecule has 1 aliphatic rings. The van der Waals surface area contributed by atoms with E-state index in [-0.39, 0.29) is 17.8 Å². The molecule has 0 spiro atoms. The van der Waals surface area contributed by atoms with E-state index in [0.29, 0.717) is 24.6 Å². The lowest BCUT2D eigenvalue weighted by molar-refractivity contribution is 0.0235. The summed E-state index contributed by atoms with van der Waals surface area (Å²) in [5, 5.41) is 7.30. The van der Waals surface area contributed by atoms with Crippen molar-refractivity contribution in [1.29, 1.82) is 0 Å². The molecule has 0 unspecified atom stereocenters. The molecule has 7 nitrogen and oxygen atoms in total. The van der Waals surface area contributed by atoms with E-state index in [1.54, 1.807) is 17.0 Å². The number of carbonyl (C=O) groups excluding carboxylic acids is 1. The molecule has 0 aromatic carbocycles. The molecule has 0 radical (unpaired) electrons. The summed E-state index contributed by atoms with van der Waals surface area (Å²) in [6.45, 7) is 6.61. The zero-order chi connectivity index (χ0) is 18.9. The minimum Gasteiger partial charge on any atom is -0.444 e. The molecule has 1 saturated heterocycles. The van der Waals surface area contributed by atoms with Crippen LogP contribution in [0.1, 0.15) is 45.7 Å². The molecule has 3 heterocycles. The van der Waals surface area contributed by atoms with Crippen LogP contribution in [0.4, 0.5) is 19.4 Å². The molecule has 9 heteroatoms. The van der Waals surface area contributed by atoms with Crippen LogP contribution < -0.4 is 5.32 Å². The van der Waals surface area contributed by atoms with E-state index in [9.17, 15) is 13.6 Å². The average molecular weight is 367 g/mol. The smallest absolute Gasteiger partial charge is 0.410 e. The van der Waals surface area contributed by atoms with Gasteiger partial charge in [-0.05, 0) is 45.7 Å². The summed E-state index contributed by atoms with van der Waals surface area (Å²) in [5.41, 5.74) is -0.431. The normalized spacial score (nSPS) is 17.9. The van der Waals surface area contributed by atoms with Gasteiger partial charge < -0.3 is 15.0 Å². The zero-order valence-electron chi connectivity index (χ0n) is 15.1. The number of halogens is 2. The third-order valence-electron chi connectivity index (χ3n) is 4.14. The standard InChI is InChI=1S/C17H23F2N5O2/c1-17(2,3)26-16(25)23-8-4-5-11(23)9-20-13-6-7-14-21-10-12(15(18)19)24(14)22-13/h6-7,10-11,15H,4-5,8-9H2,1-3H3,(H,20,22)/t11-/m0/s1. The fourth-order valence-corrected chi connectivity index (χ4v) is 2.97. The second kappa shape index (κ2) is 7.05. The predicted octanol–water partition coefficient (Wildman–Crippen LogP) is 3.48. The van der Waals surface area contributed by atoms with Crippen LogP contribution in [0.5, 0.6) is 0 Å². The van der Waals surface area contributed by atoms with Gasteiger partial charge in [0.05, 0.1) is 12.2 Å². The van der Waals surface area contributed by atoms with Crippen molar-refractivity contribution in [3.8, 4) is 0 Å². The number of aromatic nitrogens is 3. The molecule has 0 bridgehead atoms. The van der Waals surface area contributed by atoms with Gasteiger partial charge >= 0.3 is 6.09 Å². The maximum atomic E-state index is 13.0. The lowest BCUT2D eigenvalue weighted by Crippen LogP contribution is -2.42. The molecule has 2 aromatic rings. The predicted molar refractivity (Wildman–Crippen MR) is 92.4 cm³/mol. The molecule has 1 amide bonds. The Bertz CT molecular complexity index is 787. The summed E-state index contributed by atoms with van der Waals surface area (Å²) >= 11 is 0. The van der Waals surface area contributed by atoms with Crippen molar-refractivity contribution < 1.29 is 18.3 Å². The zero-order valence-corrected chi connectivity index (χ0v) is 15.1. The van der Waals surface area contributed by atoms with Crippen molar-refractivity contribution in [3.05, 3.63) is 24.0 Å². The topological polar surface area (TPSA) is 71.8 Å². The van der Waals surface area contributed by atoms with Crippen molar-refractivity contribution in [2.75, 3.05) is 18.4 Å². The van der Waals surface area contributed by atoms with Crippen molar-refractivity contribution in [1.82, 2.24) is 19.5 Å². The summed E-state index contributed by atoms with van der Waals surface area (Å²) < 4.78 is 32.6. The van der Waals surface area contributed by atoms with Crippen molar-refractivity contribution in [2.24, 2.45) is 0 Å². The van der Waals surface area contributed by atoms with Gasteiger partial charge in [0, 0.05) is 13.1 Å². The van der Waals surface area contributed by atoms with Gasteiger partial charge in [-0.1, -0.05) is 0 Å². The van der Waals surface area contributed by atoms with Crippen LogP contribution in [0, 0.1) is 0 Å². The van der Waals surface area contributed by atoms with Gasteiger partial charge in [-0.2, -0.15) is 0 Å². The highest BCUT2D eigenvalue weighted by Gasteiger charge is 2.32. The molecule has 0 aliphatic carbocycles. The highest BCUT2D eigenvalue weighted by atomic mass is 19.3. The first-order valence-electron chi connectivity index (χ1n) is 8.61. The highest BCUT2D eigenvalue weighted by molar-refractivity contribution is 5.69. The number of rotatable bonds is 4. The monoisotopic (exact) mass is 367 g/mol. The Morgan fingerprint density at radius 3 is 2.88 bits per heavy atom. The number of nitrogens with one attached hydrogen (secondary N) is 1. The van der Waals surface area contributed by atoms with E-state index >= 15 is 0 Å². The largest absolute Gasteiger partial charge is 0.444 e. The van der Waals surface area contributed by atoms with Crippen molar-refractivity contribution in [2.45, 2.75) is 51.7 Å². The van der Waals surface area contributed by atoms with Gasteiger partial charge in [0.15, 0.2) is 5.65 Å². The average Bonchev–Trinajstić information content (AvgIpc) is 3.17. The first-order chi connectivity index (χ1) is 12.2. The quantitative estimate of drug-likeness (QED) is 0.896. The molecule has 1 fully saturated rings. The van der Waals surface area contributed by atoms with E-state index in [4.69, 9.17) is 4.74 Å². The van der Waals surface area contributed by atoms with E-state index in [1.807, 2.05) is 20.8 Å². The van der Waals surface area contributed by atoms with Gasteiger partial charge in [-0.3, -0.25) is 0 Å². The number of fused-ring (bicyclic) bond motifs is 1. The Labute approximate surface area is 150 Å². The van der Waals surface area contributed by atoms with Gasteiger partial charge in [-0.25, -0.2) is 23.1 Å². The fourth-order valence-electron chi connectivity index (χ4n) is 2.97. The molecule has 1 aliphatic heterocycles. The molecular formula is C17H23F2N5O2. The van der Waals surface area contributed by atoms with Gasteiger partial charge in [0.2, 0.25) is 0 Å². The Morgan fingerprint density at radius 2 is 2.19 bits per heavy atom. The van der Waals surface area contributed by atoms with Crippen LogP contribution in [0.15, 0.2) is 18.3 Å². The number of amides is 1.